The number of nitrogens with two attached hydrogens (primary N) is 2. The van der Waals surface area contributed by atoms with Crippen LogP contribution in [0.15, 0.2) is 35.2 Å². The van der Waals surface area contributed by atoms with Crippen molar-refractivity contribution in [3.63, 3.8) is 0 Å². The largest absolute Gasteiger partial charge is 0.413 e. The van der Waals surface area contributed by atoms with E-state index in [1.54, 1.807) is 0 Å². The molecule has 0 heterocycles. The molecule has 4 N–H and O–H groups in total. The Balaban J connectivity index is 2.99. The van der Waals surface area contributed by atoms with Gasteiger partial charge >= 0.3 is 6.18 Å². The van der Waals surface area contributed by atoms with Gasteiger partial charge in [-0.25, -0.2) is 0 Å². The van der Waals surface area contributed by atoms with E-state index in [4.69, 9.17) is 11.5 Å². The van der Waals surface area contributed by atoms with E-state index < -0.39 is 11.7 Å². The van der Waals surface area contributed by atoms with Gasteiger partial charge in [-0.05, 0) is 18.6 Å². The van der Waals surface area contributed by atoms with E-state index in [1.165, 1.54) is 12.2 Å². The van der Waals surface area contributed by atoms with Gasteiger partial charge in [-0.2, -0.15) is 13.2 Å². The van der Waals surface area contributed by atoms with Crippen molar-refractivity contribution in [1.29, 1.82) is 0 Å². The summed E-state index contributed by atoms with van der Waals surface area (Å²) in [6.45, 7) is 0. The van der Waals surface area contributed by atoms with E-state index in [1.807, 2.05) is 0 Å². The fourth-order valence-electron chi connectivity index (χ4n) is 0.979. The zero-order valence-electron chi connectivity index (χ0n) is 6.73. The highest BCUT2D eigenvalue weighted by Crippen LogP contribution is 2.30. The number of allylic oxidation sites excluding steroid dienone is 4. The third-order valence-electron chi connectivity index (χ3n) is 1.60. The molecular weight excluding hydrogens is 181 g/mol. The third kappa shape index (κ3) is 2.54. The van der Waals surface area contributed by atoms with Gasteiger partial charge in [0.2, 0.25) is 0 Å². The van der Waals surface area contributed by atoms with Crippen LogP contribution in [0, 0.1) is 0 Å². The Labute approximate surface area is 73.4 Å². The van der Waals surface area contributed by atoms with Gasteiger partial charge in [-0.1, -0.05) is 6.08 Å². The molecule has 0 aromatic rings. The van der Waals surface area contributed by atoms with Crippen LogP contribution in [-0.4, -0.2) is 6.18 Å². The van der Waals surface area contributed by atoms with E-state index in [0.717, 1.165) is 6.08 Å². The van der Waals surface area contributed by atoms with Crippen LogP contribution >= 0.6 is 0 Å². The molecule has 0 aromatic carbocycles. The lowest BCUT2D eigenvalue weighted by molar-refractivity contribution is -0.0929. The van der Waals surface area contributed by atoms with Gasteiger partial charge in [0.1, 0.15) is 0 Å². The molecule has 0 aliphatic heterocycles. The summed E-state index contributed by atoms with van der Waals surface area (Å²) in [6, 6.07) is 0. The second kappa shape index (κ2) is 3.16. The van der Waals surface area contributed by atoms with Crippen LogP contribution in [-0.2, 0) is 0 Å². The summed E-state index contributed by atoms with van der Waals surface area (Å²) in [5.41, 5.74) is 10.2. The molecule has 0 unspecified atom stereocenters. The number of alkyl halides is 3. The zero-order chi connectivity index (χ0) is 10.1. The molecule has 72 valence electrons. The normalized spacial score (nSPS) is 18.5. The van der Waals surface area contributed by atoms with E-state index in [9.17, 15) is 13.2 Å². The van der Waals surface area contributed by atoms with Crippen molar-refractivity contribution in [1.82, 2.24) is 0 Å². The Morgan fingerprint density at radius 2 is 1.69 bits per heavy atom. The first-order valence-electron chi connectivity index (χ1n) is 3.60. The first-order chi connectivity index (χ1) is 5.89. The molecule has 0 radical (unpaired) electrons. The zero-order valence-corrected chi connectivity index (χ0v) is 6.73. The monoisotopic (exact) mass is 190 g/mol. The van der Waals surface area contributed by atoms with Gasteiger partial charge in [-0.15, -0.1) is 0 Å². The van der Waals surface area contributed by atoms with Gasteiger partial charge in [-0.3, -0.25) is 0 Å². The molecule has 1 aliphatic rings. The van der Waals surface area contributed by atoms with Crippen LogP contribution < -0.4 is 11.5 Å². The smallest absolute Gasteiger partial charge is 0.399 e. The molecule has 13 heavy (non-hydrogen) atoms. The quantitative estimate of drug-likeness (QED) is 0.609. The highest BCUT2D eigenvalue weighted by Gasteiger charge is 2.32. The number of hydrogen-bond acceptors (Lipinski definition) is 2. The summed E-state index contributed by atoms with van der Waals surface area (Å²) < 4.78 is 36.6. The fourth-order valence-corrected chi connectivity index (χ4v) is 0.979. The van der Waals surface area contributed by atoms with E-state index in [-0.39, 0.29) is 17.8 Å². The second-order valence-corrected chi connectivity index (χ2v) is 2.72. The van der Waals surface area contributed by atoms with Crippen LogP contribution in [0.25, 0.3) is 0 Å². The van der Waals surface area contributed by atoms with Gasteiger partial charge in [0, 0.05) is 17.0 Å². The van der Waals surface area contributed by atoms with Crippen LogP contribution in [0.3, 0.4) is 0 Å². The molecule has 0 atom stereocenters. The summed E-state index contributed by atoms with van der Waals surface area (Å²) in [5.74, 6) is 0. The maximum Gasteiger partial charge on any atom is 0.413 e. The molecule has 0 amide bonds. The molecular formula is C8H9F3N2. The molecule has 5 heteroatoms. The van der Waals surface area contributed by atoms with E-state index >= 15 is 0 Å². The standard InChI is InChI=1S/C8H9F3N2/c9-8(10,11)5-1-2-6(12)4-7(13)3-5/h2-4H,1,12-13H2. The van der Waals surface area contributed by atoms with Gasteiger partial charge in [0.25, 0.3) is 0 Å². The Bertz CT molecular complexity index is 297. The first kappa shape index (κ1) is 9.70. The topological polar surface area (TPSA) is 52.0 Å². The highest BCUT2D eigenvalue weighted by molar-refractivity contribution is 5.35. The lowest BCUT2D eigenvalue weighted by atomic mass is 10.1. The average Bonchev–Trinajstić information content (AvgIpc) is 2.09. The molecule has 1 rings (SSSR count). The summed E-state index contributed by atoms with van der Waals surface area (Å²) >= 11 is 0. The molecule has 1 aliphatic carbocycles. The minimum Gasteiger partial charge on any atom is -0.399 e. The molecule has 0 saturated carbocycles. The van der Waals surface area contributed by atoms with E-state index in [0.29, 0.717) is 0 Å². The summed E-state index contributed by atoms with van der Waals surface area (Å²) in [6.07, 6.45) is -1.07. The molecule has 0 spiro atoms. The van der Waals surface area contributed by atoms with Gasteiger partial charge in [0.15, 0.2) is 0 Å². The third-order valence-corrected chi connectivity index (χ3v) is 1.60. The van der Waals surface area contributed by atoms with Crippen LogP contribution in [0.2, 0.25) is 0 Å². The van der Waals surface area contributed by atoms with Crippen LogP contribution in [0.1, 0.15) is 6.42 Å². The van der Waals surface area contributed by atoms with Crippen molar-refractivity contribution in [3.05, 3.63) is 35.2 Å². The van der Waals surface area contributed by atoms with Crippen molar-refractivity contribution < 1.29 is 13.2 Å². The molecule has 0 aromatic heterocycles. The lowest BCUT2D eigenvalue weighted by Crippen LogP contribution is -2.12. The Morgan fingerprint density at radius 1 is 1.08 bits per heavy atom. The van der Waals surface area contributed by atoms with Crippen molar-refractivity contribution in [2.24, 2.45) is 11.5 Å². The van der Waals surface area contributed by atoms with Crippen molar-refractivity contribution >= 4 is 0 Å². The number of hydrogen-bond donors (Lipinski definition) is 2. The van der Waals surface area contributed by atoms with Crippen LogP contribution in [0.5, 0.6) is 0 Å². The second-order valence-electron chi connectivity index (χ2n) is 2.72. The molecule has 2 nitrogen and oxygen atoms in total. The Morgan fingerprint density at radius 3 is 2.23 bits per heavy atom. The molecule has 0 saturated heterocycles. The summed E-state index contributed by atoms with van der Waals surface area (Å²) in [4.78, 5) is 0. The maximum absolute atomic E-state index is 12.2. The highest BCUT2D eigenvalue weighted by atomic mass is 19.4. The summed E-state index contributed by atoms with van der Waals surface area (Å²) in [5, 5.41) is 0. The van der Waals surface area contributed by atoms with Gasteiger partial charge in [0.05, 0.1) is 0 Å². The Hall–Kier alpha value is -1.39. The average molecular weight is 190 g/mol. The molecule has 0 bridgehead atoms. The fraction of sp³-hybridized carbons (Fsp3) is 0.250. The summed E-state index contributed by atoms with van der Waals surface area (Å²) in [7, 11) is 0. The first-order valence-corrected chi connectivity index (χ1v) is 3.60. The lowest BCUT2D eigenvalue weighted by Gasteiger charge is -2.08. The van der Waals surface area contributed by atoms with Crippen LogP contribution in [0.4, 0.5) is 13.2 Å². The van der Waals surface area contributed by atoms with E-state index in [2.05, 4.69) is 0 Å². The maximum atomic E-state index is 12.2. The van der Waals surface area contributed by atoms with Gasteiger partial charge < -0.3 is 11.5 Å². The minimum atomic E-state index is -4.33. The predicted molar refractivity (Wildman–Crippen MR) is 43.3 cm³/mol. The van der Waals surface area contributed by atoms with Crippen molar-refractivity contribution in [2.45, 2.75) is 12.6 Å². The van der Waals surface area contributed by atoms with Crippen molar-refractivity contribution in [3.8, 4) is 0 Å². The number of halogens is 3. The minimum absolute atomic E-state index is 0.0265. The van der Waals surface area contributed by atoms with Crippen molar-refractivity contribution in [2.75, 3.05) is 0 Å². The number of rotatable bonds is 0. The SMILES string of the molecule is NC1=CCC(C(F)(F)F)=CC(N)=C1. The Kier molecular flexibility index (Phi) is 2.36. The molecule has 0 fully saturated rings. The predicted octanol–water partition coefficient (Wildman–Crippen LogP) is 1.56.